The molecule has 0 saturated heterocycles. The number of hydrogen-bond donors (Lipinski definition) is 1. The quantitative estimate of drug-likeness (QED) is 0.317. The summed E-state index contributed by atoms with van der Waals surface area (Å²) < 4.78 is 5.60. The Morgan fingerprint density at radius 1 is 0.840 bits per heavy atom. The lowest BCUT2D eigenvalue weighted by atomic mass is 10.1. The van der Waals surface area contributed by atoms with Gasteiger partial charge in [-0.25, -0.2) is 0 Å². The van der Waals surface area contributed by atoms with Crippen molar-refractivity contribution < 1.29 is 9.66 Å². The average Bonchev–Trinajstić information content (AvgIpc) is 2.64. The van der Waals surface area contributed by atoms with E-state index < -0.39 is 4.92 Å². The zero-order chi connectivity index (χ0) is 17.7. The van der Waals surface area contributed by atoms with Gasteiger partial charge in [0.2, 0.25) is 0 Å². The van der Waals surface area contributed by atoms with Gasteiger partial charge in [0, 0.05) is 24.4 Å². The molecule has 2 aromatic carbocycles. The van der Waals surface area contributed by atoms with Crippen molar-refractivity contribution >= 4 is 11.4 Å². The van der Waals surface area contributed by atoms with Crippen molar-refractivity contribution in [3.8, 4) is 5.75 Å². The van der Waals surface area contributed by atoms with Gasteiger partial charge in [-0.05, 0) is 37.1 Å². The highest BCUT2D eigenvalue weighted by atomic mass is 16.6. The molecule has 0 fully saturated rings. The molecule has 2 aromatic rings. The number of benzene rings is 2. The van der Waals surface area contributed by atoms with E-state index in [2.05, 4.69) is 17.4 Å². The largest absolute Gasteiger partial charge is 0.494 e. The van der Waals surface area contributed by atoms with Crippen LogP contribution in [0.25, 0.3) is 0 Å². The Hall–Kier alpha value is -2.56. The van der Waals surface area contributed by atoms with E-state index in [0.717, 1.165) is 19.4 Å². The van der Waals surface area contributed by atoms with Crippen LogP contribution >= 0.6 is 0 Å². The van der Waals surface area contributed by atoms with E-state index in [1.54, 1.807) is 12.1 Å². The molecular formula is C20H26N2O3. The van der Waals surface area contributed by atoms with Gasteiger partial charge in [-0.1, -0.05) is 43.9 Å². The lowest BCUT2D eigenvalue weighted by molar-refractivity contribution is -0.384. The predicted molar refractivity (Wildman–Crippen MR) is 101 cm³/mol. The van der Waals surface area contributed by atoms with Gasteiger partial charge < -0.3 is 10.1 Å². The van der Waals surface area contributed by atoms with Gasteiger partial charge >= 0.3 is 0 Å². The summed E-state index contributed by atoms with van der Waals surface area (Å²) in [6, 6.07) is 16.5. The lowest BCUT2D eigenvalue weighted by Crippen LogP contribution is -2.01. The third-order valence-electron chi connectivity index (χ3n) is 3.99. The molecule has 0 unspecified atom stereocenters. The van der Waals surface area contributed by atoms with Gasteiger partial charge in [0.1, 0.15) is 5.75 Å². The van der Waals surface area contributed by atoms with Gasteiger partial charge in [0.25, 0.3) is 5.69 Å². The fourth-order valence-corrected chi connectivity index (χ4v) is 2.58. The summed E-state index contributed by atoms with van der Waals surface area (Å²) in [7, 11) is 0. The molecule has 0 aromatic heterocycles. The first-order valence-corrected chi connectivity index (χ1v) is 8.92. The Morgan fingerprint density at radius 3 is 2.16 bits per heavy atom. The molecule has 0 aliphatic heterocycles. The number of rotatable bonds is 12. The highest BCUT2D eigenvalue weighted by Gasteiger charge is 2.04. The average molecular weight is 342 g/mol. The van der Waals surface area contributed by atoms with Crippen LogP contribution in [0.5, 0.6) is 5.75 Å². The number of non-ortho nitro benzene ring substituents is 1. The molecule has 0 heterocycles. The van der Waals surface area contributed by atoms with Gasteiger partial charge in [0.15, 0.2) is 0 Å². The Balaban J connectivity index is 1.42. The Morgan fingerprint density at radius 2 is 1.48 bits per heavy atom. The molecule has 0 aliphatic rings. The number of nitro groups is 1. The molecular weight excluding hydrogens is 316 g/mol. The second-order valence-corrected chi connectivity index (χ2v) is 6.01. The van der Waals surface area contributed by atoms with Crippen LogP contribution in [0.1, 0.15) is 38.5 Å². The predicted octanol–water partition coefficient (Wildman–Crippen LogP) is 5.43. The number of anilines is 1. The number of unbranched alkanes of at least 4 members (excludes halogenated alkanes) is 5. The minimum absolute atomic E-state index is 0.0918. The first-order valence-electron chi connectivity index (χ1n) is 8.92. The number of hydrogen-bond acceptors (Lipinski definition) is 4. The molecule has 0 atom stereocenters. The summed E-state index contributed by atoms with van der Waals surface area (Å²) in [5.74, 6) is 0.692. The van der Waals surface area contributed by atoms with Crippen LogP contribution in [-0.2, 0) is 0 Å². The van der Waals surface area contributed by atoms with E-state index in [-0.39, 0.29) is 5.69 Å². The Labute approximate surface area is 149 Å². The molecule has 2 rings (SSSR count). The smallest absolute Gasteiger partial charge is 0.269 e. The van der Waals surface area contributed by atoms with Crippen molar-refractivity contribution in [1.82, 2.24) is 0 Å². The van der Waals surface area contributed by atoms with Crippen molar-refractivity contribution in [2.24, 2.45) is 0 Å². The first kappa shape index (κ1) is 18.8. The standard InChI is InChI=1S/C20H26N2O3/c23-22(24)19-12-14-20(15-13-19)25-17-9-4-2-1-3-8-16-21-18-10-6-5-7-11-18/h5-7,10-15,21H,1-4,8-9,16-17H2. The number of nitro benzene ring substituents is 1. The van der Waals surface area contributed by atoms with E-state index in [9.17, 15) is 10.1 Å². The Kier molecular flexibility index (Phi) is 8.32. The molecule has 0 saturated carbocycles. The van der Waals surface area contributed by atoms with E-state index in [1.165, 1.54) is 43.5 Å². The molecule has 134 valence electrons. The van der Waals surface area contributed by atoms with Crippen LogP contribution in [0.4, 0.5) is 11.4 Å². The number of nitrogens with zero attached hydrogens (tertiary/aromatic N) is 1. The topological polar surface area (TPSA) is 64.4 Å². The summed E-state index contributed by atoms with van der Waals surface area (Å²) >= 11 is 0. The van der Waals surface area contributed by atoms with Gasteiger partial charge in [0.05, 0.1) is 11.5 Å². The summed E-state index contributed by atoms with van der Waals surface area (Å²) in [5, 5.41) is 14.0. The maximum absolute atomic E-state index is 10.6. The Bertz CT molecular complexity index is 615. The zero-order valence-electron chi connectivity index (χ0n) is 14.5. The molecule has 0 amide bonds. The summed E-state index contributed by atoms with van der Waals surface area (Å²) in [6.45, 7) is 1.68. The lowest BCUT2D eigenvalue weighted by Gasteiger charge is -2.07. The molecule has 25 heavy (non-hydrogen) atoms. The van der Waals surface area contributed by atoms with E-state index >= 15 is 0 Å². The fraction of sp³-hybridized carbons (Fsp3) is 0.400. The van der Waals surface area contributed by atoms with Crippen molar-refractivity contribution in [3.05, 3.63) is 64.7 Å². The maximum Gasteiger partial charge on any atom is 0.269 e. The van der Waals surface area contributed by atoms with Crippen LogP contribution < -0.4 is 10.1 Å². The van der Waals surface area contributed by atoms with Crippen LogP contribution in [0.3, 0.4) is 0 Å². The molecule has 5 nitrogen and oxygen atoms in total. The minimum Gasteiger partial charge on any atom is -0.494 e. The summed E-state index contributed by atoms with van der Waals surface area (Å²) in [4.78, 5) is 10.2. The van der Waals surface area contributed by atoms with Crippen molar-refractivity contribution in [1.29, 1.82) is 0 Å². The third-order valence-corrected chi connectivity index (χ3v) is 3.99. The maximum atomic E-state index is 10.6. The molecule has 0 aliphatic carbocycles. The van der Waals surface area contributed by atoms with Crippen LogP contribution in [0.15, 0.2) is 54.6 Å². The highest BCUT2D eigenvalue weighted by Crippen LogP contribution is 2.17. The summed E-state index contributed by atoms with van der Waals surface area (Å²) in [5.41, 5.74) is 1.28. The van der Waals surface area contributed by atoms with Gasteiger partial charge in [-0.15, -0.1) is 0 Å². The van der Waals surface area contributed by atoms with Crippen LogP contribution in [-0.4, -0.2) is 18.1 Å². The normalized spacial score (nSPS) is 10.4. The van der Waals surface area contributed by atoms with Crippen LogP contribution in [0, 0.1) is 10.1 Å². The fourth-order valence-electron chi connectivity index (χ4n) is 2.58. The molecule has 0 spiro atoms. The number of nitrogens with one attached hydrogen (secondary N) is 1. The van der Waals surface area contributed by atoms with E-state index in [4.69, 9.17) is 4.74 Å². The highest BCUT2D eigenvalue weighted by molar-refractivity contribution is 5.42. The number of ether oxygens (including phenoxy) is 1. The monoisotopic (exact) mass is 342 g/mol. The molecule has 0 radical (unpaired) electrons. The minimum atomic E-state index is -0.404. The van der Waals surface area contributed by atoms with Gasteiger partial charge in [-0.3, -0.25) is 10.1 Å². The van der Waals surface area contributed by atoms with Crippen molar-refractivity contribution in [3.63, 3.8) is 0 Å². The van der Waals surface area contributed by atoms with E-state index in [0.29, 0.717) is 12.4 Å². The number of para-hydroxylation sites is 1. The second kappa shape index (κ2) is 11.1. The van der Waals surface area contributed by atoms with Gasteiger partial charge in [-0.2, -0.15) is 0 Å². The summed E-state index contributed by atoms with van der Waals surface area (Å²) in [6.07, 6.45) is 7.05. The molecule has 1 N–H and O–H groups in total. The zero-order valence-corrected chi connectivity index (χ0v) is 14.5. The van der Waals surface area contributed by atoms with Crippen molar-refractivity contribution in [2.75, 3.05) is 18.5 Å². The molecule has 0 bridgehead atoms. The third kappa shape index (κ3) is 7.70. The molecule has 5 heteroatoms. The van der Waals surface area contributed by atoms with Crippen molar-refractivity contribution in [2.45, 2.75) is 38.5 Å². The first-order chi connectivity index (χ1) is 12.3. The second-order valence-electron chi connectivity index (χ2n) is 6.01. The van der Waals surface area contributed by atoms with Crippen LogP contribution in [0.2, 0.25) is 0 Å². The SMILES string of the molecule is O=[N+]([O-])c1ccc(OCCCCCCCCNc2ccccc2)cc1. The van der Waals surface area contributed by atoms with E-state index in [1.807, 2.05) is 18.2 Å².